The van der Waals surface area contributed by atoms with Crippen molar-refractivity contribution in [1.82, 2.24) is 14.5 Å². The maximum Gasteiger partial charge on any atom is 0.146 e. The van der Waals surface area contributed by atoms with Crippen molar-refractivity contribution in [3.05, 3.63) is 48.2 Å². The fourth-order valence-electron chi connectivity index (χ4n) is 2.12. The van der Waals surface area contributed by atoms with Gasteiger partial charge in [0, 0.05) is 36.6 Å². The van der Waals surface area contributed by atoms with Gasteiger partial charge in [-0.1, -0.05) is 6.07 Å². The van der Waals surface area contributed by atoms with Crippen LogP contribution in [0.2, 0.25) is 0 Å². The molecule has 0 unspecified atom stereocenters. The van der Waals surface area contributed by atoms with Crippen molar-refractivity contribution in [3.8, 4) is 11.5 Å². The number of aromatic hydroxyl groups is 1. The molecule has 0 aliphatic rings. The highest BCUT2D eigenvalue weighted by Crippen LogP contribution is 2.31. The number of aromatic nitrogens is 3. The van der Waals surface area contributed by atoms with Gasteiger partial charge < -0.3 is 14.4 Å². The topological polar surface area (TPSA) is 60.2 Å². The van der Waals surface area contributed by atoms with Crippen molar-refractivity contribution in [2.45, 2.75) is 13.5 Å². The van der Waals surface area contributed by atoms with Crippen LogP contribution in [-0.2, 0) is 13.7 Å². The van der Waals surface area contributed by atoms with Crippen molar-refractivity contribution in [2.75, 3.05) is 0 Å². The minimum absolute atomic E-state index is 0.160. The largest absolute Gasteiger partial charge is 0.506 e. The Hall–Kier alpha value is -2.56. The second-order valence-electron chi connectivity index (χ2n) is 4.68. The van der Waals surface area contributed by atoms with E-state index in [4.69, 9.17) is 4.74 Å². The zero-order valence-corrected chi connectivity index (χ0v) is 11.4. The monoisotopic (exact) mass is 269 g/mol. The first-order valence-electron chi connectivity index (χ1n) is 6.33. The molecule has 2 heterocycles. The second-order valence-corrected chi connectivity index (χ2v) is 4.68. The summed E-state index contributed by atoms with van der Waals surface area (Å²) in [6, 6.07) is 7.15. The molecule has 20 heavy (non-hydrogen) atoms. The molecule has 0 radical (unpaired) electrons. The number of phenols is 1. The summed E-state index contributed by atoms with van der Waals surface area (Å²) in [5, 5.41) is 10.7. The number of imidazole rings is 1. The molecule has 102 valence electrons. The molecule has 3 rings (SSSR count). The number of aryl methyl sites for hydroxylation is 2. The molecule has 3 aromatic rings. The lowest BCUT2D eigenvalue weighted by Crippen LogP contribution is -2.03. The minimum Gasteiger partial charge on any atom is -0.506 e. The van der Waals surface area contributed by atoms with E-state index in [1.165, 1.54) is 0 Å². The molecule has 0 fully saturated rings. The zero-order chi connectivity index (χ0) is 14.1. The van der Waals surface area contributed by atoms with Gasteiger partial charge in [-0.15, -0.1) is 0 Å². The van der Waals surface area contributed by atoms with Crippen molar-refractivity contribution >= 4 is 10.9 Å². The van der Waals surface area contributed by atoms with Gasteiger partial charge in [-0.3, -0.25) is 0 Å². The average molecular weight is 269 g/mol. The first-order chi connectivity index (χ1) is 9.65. The molecule has 0 atom stereocenters. The highest BCUT2D eigenvalue weighted by molar-refractivity contribution is 5.89. The van der Waals surface area contributed by atoms with Gasteiger partial charge in [0.2, 0.25) is 0 Å². The van der Waals surface area contributed by atoms with Crippen LogP contribution in [0, 0.1) is 6.92 Å². The van der Waals surface area contributed by atoms with Gasteiger partial charge in [-0.05, 0) is 19.1 Å². The molecule has 0 spiro atoms. The fourth-order valence-corrected chi connectivity index (χ4v) is 2.12. The standard InChI is InChI=1S/C15H15N3O2/c1-10-8-13(20-9-14-16-6-7-18(14)2)11-4-3-5-12(19)15(11)17-10/h3-8,19H,9H2,1-2H3. The lowest BCUT2D eigenvalue weighted by molar-refractivity contribution is 0.295. The van der Waals surface area contributed by atoms with Gasteiger partial charge in [-0.2, -0.15) is 0 Å². The summed E-state index contributed by atoms with van der Waals surface area (Å²) in [5.74, 6) is 1.70. The van der Waals surface area contributed by atoms with Gasteiger partial charge in [0.1, 0.15) is 29.4 Å². The molecule has 0 bridgehead atoms. The number of hydrogen-bond acceptors (Lipinski definition) is 4. The van der Waals surface area contributed by atoms with E-state index in [0.29, 0.717) is 17.9 Å². The molecule has 5 nitrogen and oxygen atoms in total. The Morgan fingerprint density at radius 1 is 1.35 bits per heavy atom. The van der Waals surface area contributed by atoms with E-state index in [9.17, 15) is 5.11 Å². The van der Waals surface area contributed by atoms with Crippen LogP contribution in [-0.4, -0.2) is 19.6 Å². The molecule has 5 heteroatoms. The van der Waals surface area contributed by atoms with Gasteiger partial charge in [0.15, 0.2) is 0 Å². The van der Waals surface area contributed by atoms with Gasteiger partial charge >= 0.3 is 0 Å². The maximum atomic E-state index is 9.88. The van der Waals surface area contributed by atoms with Crippen LogP contribution in [0.4, 0.5) is 0 Å². The molecular weight excluding hydrogens is 254 g/mol. The van der Waals surface area contributed by atoms with Crippen molar-refractivity contribution in [1.29, 1.82) is 0 Å². The van der Waals surface area contributed by atoms with Crippen LogP contribution >= 0.6 is 0 Å². The van der Waals surface area contributed by atoms with Crippen molar-refractivity contribution < 1.29 is 9.84 Å². The van der Waals surface area contributed by atoms with E-state index in [-0.39, 0.29) is 5.75 Å². The summed E-state index contributed by atoms with van der Waals surface area (Å²) in [4.78, 5) is 8.57. The molecule has 2 aromatic heterocycles. The van der Waals surface area contributed by atoms with Crippen molar-refractivity contribution in [3.63, 3.8) is 0 Å². The number of ether oxygens (including phenoxy) is 1. The van der Waals surface area contributed by atoms with E-state index < -0.39 is 0 Å². The molecular formula is C15H15N3O2. The first kappa shape index (κ1) is 12.5. The normalized spacial score (nSPS) is 10.9. The summed E-state index contributed by atoms with van der Waals surface area (Å²) in [6.45, 7) is 2.25. The third kappa shape index (κ3) is 2.18. The zero-order valence-electron chi connectivity index (χ0n) is 11.4. The summed E-state index contributed by atoms with van der Waals surface area (Å²) >= 11 is 0. The number of phenolic OH excluding ortho intramolecular Hbond substituents is 1. The molecule has 0 amide bonds. The average Bonchev–Trinajstić information content (AvgIpc) is 2.83. The van der Waals surface area contributed by atoms with Gasteiger partial charge in [0.25, 0.3) is 0 Å². The molecule has 1 N–H and O–H groups in total. The first-order valence-corrected chi connectivity index (χ1v) is 6.33. The maximum absolute atomic E-state index is 9.88. The Balaban J connectivity index is 1.99. The Morgan fingerprint density at radius 2 is 2.20 bits per heavy atom. The van der Waals surface area contributed by atoms with E-state index in [1.807, 2.05) is 36.9 Å². The predicted octanol–water partition coefficient (Wildman–Crippen LogP) is 2.56. The van der Waals surface area contributed by atoms with Gasteiger partial charge in [0.05, 0.1) is 0 Å². The highest BCUT2D eigenvalue weighted by Gasteiger charge is 2.09. The number of nitrogens with zero attached hydrogens (tertiary/aromatic N) is 3. The minimum atomic E-state index is 0.160. The van der Waals surface area contributed by atoms with Crippen LogP contribution in [0.25, 0.3) is 10.9 Å². The number of hydrogen-bond donors (Lipinski definition) is 1. The quantitative estimate of drug-likeness (QED) is 0.793. The second kappa shape index (κ2) is 4.85. The number of rotatable bonds is 3. The summed E-state index contributed by atoms with van der Waals surface area (Å²) in [5.41, 5.74) is 1.36. The molecule has 0 saturated heterocycles. The fraction of sp³-hybridized carbons (Fsp3) is 0.200. The highest BCUT2D eigenvalue weighted by atomic mass is 16.5. The van der Waals surface area contributed by atoms with Crippen LogP contribution < -0.4 is 4.74 Å². The number of fused-ring (bicyclic) bond motifs is 1. The Labute approximate surface area is 116 Å². The number of pyridine rings is 1. The smallest absolute Gasteiger partial charge is 0.146 e. The van der Waals surface area contributed by atoms with E-state index in [1.54, 1.807) is 18.3 Å². The van der Waals surface area contributed by atoms with Crippen LogP contribution in [0.1, 0.15) is 11.5 Å². The molecule has 0 aliphatic heterocycles. The Bertz CT molecular complexity index is 765. The number of benzene rings is 1. The van der Waals surface area contributed by atoms with E-state index in [0.717, 1.165) is 16.9 Å². The van der Waals surface area contributed by atoms with E-state index >= 15 is 0 Å². The summed E-state index contributed by atoms with van der Waals surface area (Å²) in [7, 11) is 1.92. The van der Waals surface area contributed by atoms with Crippen molar-refractivity contribution in [2.24, 2.45) is 7.05 Å². The van der Waals surface area contributed by atoms with Crippen LogP contribution in [0.3, 0.4) is 0 Å². The molecule has 0 saturated carbocycles. The summed E-state index contributed by atoms with van der Waals surface area (Å²) in [6.07, 6.45) is 3.61. The Kier molecular flexibility index (Phi) is 3.02. The van der Waals surface area contributed by atoms with E-state index in [2.05, 4.69) is 9.97 Å². The lowest BCUT2D eigenvalue weighted by atomic mass is 10.1. The predicted molar refractivity (Wildman–Crippen MR) is 75.7 cm³/mol. The van der Waals surface area contributed by atoms with Crippen LogP contribution in [0.5, 0.6) is 11.5 Å². The third-order valence-electron chi connectivity index (χ3n) is 3.19. The Morgan fingerprint density at radius 3 is 2.95 bits per heavy atom. The SMILES string of the molecule is Cc1cc(OCc2nccn2C)c2cccc(O)c2n1. The van der Waals surface area contributed by atoms with Gasteiger partial charge in [-0.25, -0.2) is 9.97 Å². The lowest BCUT2D eigenvalue weighted by Gasteiger charge is -2.10. The summed E-state index contributed by atoms with van der Waals surface area (Å²) < 4.78 is 7.76. The van der Waals surface area contributed by atoms with Crippen LogP contribution in [0.15, 0.2) is 36.7 Å². The molecule has 0 aliphatic carbocycles. The third-order valence-corrected chi connectivity index (χ3v) is 3.19. The molecule has 1 aromatic carbocycles. The number of para-hydroxylation sites is 1.